The van der Waals surface area contributed by atoms with Gasteiger partial charge in [-0.15, -0.1) is 0 Å². The molecule has 0 amide bonds. The number of hydrogen-bond acceptors (Lipinski definition) is 7. The van der Waals surface area contributed by atoms with Crippen molar-refractivity contribution in [3.8, 4) is 11.3 Å². The van der Waals surface area contributed by atoms with E-state index in [2.05, 4.69) is 20.2 Å². The molecule has 0 spiro atoms. The minimum Gasteiger partial charge on any atom is -0.481 e. The number of aliphatic carboxylic acids is 1. The van der Waals surface area contributed by atoms with E-state index < -0.39 is 5.97 Å². The predicted molar refractivity (Wildman–Crippen MR) is 130 cm³/mol. The molecule has 1 aliphatic carbocycles. The van der Waals surface area contributed by atoms with E-state index in [-0.39, 0.29) is 5.92 Å². The lowest BCUT2D eigenvalue weighted by Gasteiger charge is -2.32. The number of piperidine rings is 1. The first-order valence-corrected chi connectivity index (χ1v) is 11.8. The van der Waals surface area contributed by atoms with Gasteiger partial charge in [-0.2, -0.15) is 0 Å². The van der Waals surface area contributed by atoms with Crippen molar-refractivity contribution in [1.82, 2.24) is 15.0 Å². The van der Waals surface area contributed by atoms with Gasteiger partial charge in [0.25, 0.3) is 0 Å². The van der Waals surface area contributed by atoms with E-state index in [0.29, 0.717) is 37.7 Å². The molecular formula is C25H30N6O2. The van der Waals surface area contributed by atoms with Crippen LogP contribution in [-0.4, -0.2) is 45.2 Å². The zero-order valence-electron chi connectivity index (χ0n) is 18.7. The van der Waals surface area contributed by atoms with Gasteiger partial charge in [0, 0.05) is 47.9 Å². The average molecular weight is 447 g/mol. The van der Waals surface area contributed by atoms with Crippen molar-refractivity contribution >= 4 is 34.1 Å². The van der Waals surface area contributed by atoms with Crippen LogP contribution in [0.4, 0.5) is 17.3 Å². The number of carboxylic acid groups (broad SMARTS) is 1. The van der Waals surface area contributed by atoms with Crippen molar-refractivity contribution in [2.75, 3.05) is 29.0 Å². The molecule has 8 heteroatoms. The highest BCUT2D eigenvalue weighted by molar-refractivity contribution is 5.95. The maximum atomic E-state index is 11.4. The zero-order chi connectivity index (χ0) is 22.8. The Morgan fingerprint density at radius 1 is 1.09 bits per heavy atom. The fourth-order valence-electron chi connectivity index (χ4n) is 5.02. The molecular weight excluding hydrogens is 416 g/mol. The molecule has 1 saturated carbocycles. The topological polar surface area (TPSA) is 117 Å². The lowest BCUT2D eigenvalue weighted by atomic mass is 9.95. The summed E-state index contributed by atoms with van der Waals surface area (Å²) in [5, 5.41) is 14.9. The number of nitrogens with zero attached hydrogens (tertiary/aromatic N) is 4. The Labute approximate surface area is 193 Å². The number of hydrogen-bond donors (Lipinski definition) is 3. The summed E-state index contributed by atoms with van der Waals surface area (Å²) in [7, 11) is 0. The summed E-state index contributed by atoms with van der Waals surface area (Å²) in [6.45, 7) is 1.32. The molecule has 1 aliphatic heterocycles. The summed E-state index contributed by atoms with van der Waals surface area (Å²) in [4.78, 5) is 27.4. The van der Waals surface area contributed by atoms with Crippen LogP contribution in [0.2, 0.25) is 0 Å². The number of fused-ring (bicyclic) bond motifs is 1. The maximum absolute atomic E-state index is 11.4. The molecule has 2 aliphatic rings. The smallest absolute Gasteiger partial charge is 0.306 e. The second-order valence-electron chi connectivity index (χ2n) is 9.16. The third-order valence-corrected chi connectivity index (χ3v) is 6.92. The van der Waals surface area contributed by atoms with Crippen molar-refractivity contribution in [2.24, 2.45) is 5.92 Å². The van der Waals surface area contributed by atoms with E-state index in [1.54, 1.807) is 12.4 Å². The summed E-state index contributed by atoms with van der Waals surface area (Å²) in [6, 6.07) is 6.43. The van der Waals surface area contributed by atoms with Gasteiger partial charge in [-0.3, -0.25) is 9.78 Å². The van der Waals surface area contributed by atoms with Crippen LogP contribution in [0.25, 0.3) is 22.0 Å². The number of rotatable bonds is 5. The Hall–Kier alpha value is -3.42. The van der Waals surface area contributed by atoms with Crippen molar-refractivity contribution in [3.05, 3.63) is 36.8 Å². The second kappa shape index (κ2) is 9.21. The van der Waals surface area contributed by atoms with Crippen LogP contribution < -0.4 is 16.0 Å². The molecule has 1 saturated heterocycles. The SMILES string of the molecule is Nc1cnc(NC2CCCCC2)cc1-c1cc2cnccc2c(N2CCC(C(=O)O)CC2)n1. The van der Waals surface area contributed by atoms with E-state index in [9.17, 15) is 9.90 Å². The van der Waals surface area contributed by atoms with Gasteiger partial charge in [0.15, 0.2) is 0 Å². The number of nitrogens with two attached hydrogens (primary N) is 1. The Morgan fingerprint density at radius 2 is 1.88 bits per heavy atom. The van der Waals surface area contributed by atoms with Crippen LogP contribution in [0, 0.1) is 5.92 Å². The van der Waals surface area contributed by atoms with Gasteiger partial charge in [-0.1, -0.05) is 19.3 Å². The van der Waals surface area contributed by atoms with Gasteiger partial charge in [-0.05, 0) is 43.9 Å². The van der Waals surface area contributed by atoms with E-state index >= 15 is 0 Å². The molecule has 0 radical (unpaired) electrons. The van der Waals surface area contributed by atoms with Crippen LogP contribution in [0.5, 0.6) is 0 Å². The fraction of sp³-hybridized carbons (Fsp3) is 0.440. The number of aromatic nitrogens is 3. The quantitative estimate of drug-likeness (QED) is 0.530. The minimum atomic E-state index is -0.715. The number of anilines is 3. The monoisotopic (exact) mass is 446 g/mol. The Kier molecular flexibility index (Phi) is 5.98. The lowest BCUT2D eigenvalue weighted by Crippen LogP contribution is -2.36. The highest BCUT2D eigenvalue weighted by Crippen LogP contribution is 2.35. The van der Waals surface area contributed by atoms with Gasteiger partial charge >= 0.3 is 5.97 Å². The molecule has 172 valence electrons. The van der Waals surface area contributed by atoms with Crippen LogP contribution in [0.3, 0.4) is 0 Å². The molecule has 4 N–H and O–H groups in total. The third-order valence-electron chi connectivity index (χ3n) is 6.92. The first-order chi connectivity index (χ1) is 16.1. The highest BCUT2D eigenvalue weighted by Gasteiger charge is 2.26. The van der Waals surface area contributed by atoms with Gasteiger partial charge in [0.05, 0.1) is 23.5 Å². The van der Waals surface area contributed by atoms with Gasteiger partial charge in [0.2, 0.25) is 0 Å². The minimum absolute atomic E-state index is 0.290. The molecule has 0 unspecified atom stereocenters. The normalized spacial score (nSPS) is 17.9. The Morgan fingerprint density at radius 3 is 2.64 bits per heavy atom. The highest BCUT2D eigenvalue weighted by atomic mass is 16.4. The Balaban J connectivity index is 1.50. The number of carbonyl (C=O) groups is 1. The van der Waals surface area contributed by atoms with Gasteiger partial charge in [-0.25, -0.2) is 9.97 Å². The van der Waals surface area contributed by atoms with Crippen molar-refractivity contribution in [3.63, 3.8) is 0 Å². The maximum Gasteiger partial charge on any atom is 0.306 e. The summed E-state index contributed by atoms with van der Waals surface area (Å²) in [5.74, 6) is 0.671. The fourth-order valence-corrected chi connectivity index (χ4v) is 5.02. The number of nitrogens with one attached hydrogen (secondary N) is 1. The van der Waals surface area contributed by atoms with Crippen molar-refractivity contribution < 1.29 is 9.90 Å². The molecule has 0 aromatic carbocycles. The number of carboxylic acids is 1. The van der Waals surface area contributed by atoms with Crippen LogP contribution in [0.15, 0.2) is 36.8 Å². The standard InChI is InChI=1S/C25H30N6O2/c26-21-15-28-23(29-18-4-2-1-3-5-18)13-20(21)22-12-17-14-27-9-6-19(17)24(30-22)31-10-7-16(8-11-31)25(32)33/h6,9,12-16,18H,1-5,7-8,10-11,26H2,(H,28,29)(H,32,33). The molecule has 4 heterocycles. The van der Waals surface area contributed by atoms with Crippen molar-refractivity contribution in [2.45, 2.75) is 51.0 Å². The second-order valence-corrected chi connectivity index (χ2v) is 9.16. The van der Waals surface area contributed by atoms with Crippen LogP contribution in [-0.2, 0) is 4.79 Å². The summed E-state index contributed by atoms with van der Waals surface area (Å²) in [6.07, 6.45) is 12.7. The summed E-state index contributed by atoms with van der Waals surface area (Å²) >= 11 is 0. The Bertz CT molecular complexity index is 1150. The lowest BCUT2D eigenvalue weighted by molar-refractivity contribution is -0.142. The molecule has 3 aromatic heterocycles. The molecule has 33 heavy (non-hydrogen) atoms. The molecule has 2 fully saturated rings. The summed E-state index contributed by atoms with van der Waals surface area (Å²) in [5.41, 5.74) is 8.55. The predicted octanol–water partition coefficient (Wildman–Crippen LogP) is 4.32. The number of nitrogen functional groups attached to an aromatic ring is 1. The third kappa shape index (κ3) is 4.55. The molecule has 0 bridgehead atoms. The molecule has 0 atom stereocenters. The van der Waals surface area contributed by atoms with E-state index in [0.717, 1.165) is 46.5 Å². The van der Waals surface area contributed by atoms with Crippen molar-refractivity contribution in [1.29, 1.82) is 0 Å². The first kappa shape index (κ1) is 21.4. The largest absolute Gasteiger partial charge is 0.481 e. The van der Waals surface area contributed by atoms with Crippen LogP contribution >= 0.6 is 0 Å². The van der Waals surface area contributed by atoms with E-state index in [4.69, 9.17) is 10.7 Å². The first-order valence-electron chi connectivity index (χ1n) is 11.8. The van der Waals surface area contributed by atoms with Gasteiger partial charge < -0.3 is 21.1 Å². The van der Waals surface area contributed by atoms with E-state index in [1.807, 2.05) is 24.4 Å². The zero-order valence-corrected chi connectivity index (χ0v) is 18.7. The summed E-state index contributed by atoms with van der Waals surface area (Å²) < 4.78 is 0. The number of pyridine rings is 3. The molecule has 8 nitrogen and oxygen atoms in total. The van der Waals surface area contributed by atoms with Gasteiger partial charge in [0.1, 0.15) is 11.6 Å². The van der Waals surface area contributed by atoms with Crippen LogP contribution in [0.1, 0.15) is 44.9 Å². The molecule has 5 rings (SSSR count). The van der Waals surface area contributed by atoms with E-state index in [1.165, 1.54) is 19.3 Å². The average Bonchev–Trinajstić information content (AvgIpc) is 2.85. The molecule has 3 aromatic rings.